The van der Waals surface area contributed by atoms with Crippen molar-refractivity contribution in [3.8, 4) is 0 Å². The van der Waals surface area contributed by atoms with E-state index in [-0.39, 0.29) is 5.75 Å². The van der Waals surface area contributed by atoms with Gasteiger partial charge in [-0.25, -0.2) is 0 Å². The van der Waals surface area contributed by atoms with Gasteiger partial charge in [0.1, 0.15) is 30.4 Å². The minimum atomic E-state index is -1.61. The van der Waals surface area contributed by atoms with Gasteiger partial charge in [-0.05, 0) is 0 Å². The summed E-state index contributed by atoms with van der Waals surface area (Å²) in [6.45, 7) is 0.633. The molecule has 1 rings (SSSR count). The van der Waals surface area contributed by atoms with Crippen LogP contribution >= 0.6 is 12.6 Å². The maximum absolute atomic E-state index is 11.9. The van der Waals surface area contributed by atoms with Gasteiger partial charge in [-0.2, -0.15) is 12.6 Å². The van der Waals surface area contributed by atoms with E-state index in [1.165, 1.54) is 6.92 Å². The molecule has 0 saturated carbocycles. The molecule has 6 atom stereocenters. The molecule has 0 spiro atoms. The highest BCUT2D eigenvalue weighted by molar-refractivity contribution is 7.80. The van der Waals surface area contributed by atoms with Crippen molar-refractivity contribution in [2.24, 2.45) is 0 Å². The molecule has 1 aliphatic rings. The lowest BCUT2D eigenvalue weighted by Gasteiger charge is -2.40. The van der Waals surface area contributed by atoms with Gasteiger partial charge in [0, 0.05) is 12.7 Å². The Morgan fingerprint density at radius 3 is 2.38 bits per heavy atom. The number of nitrogens with one attached hydrogen (secondary N) is 2. The molecule has 0 aromatic carbocycles. The molecule has 122 valence electrons. The molecule has 1 saturated heterocycles. The predicted molar refractivity (Wildman–Crippen MR) is 73.4 cm³/mol. The van der Waals surface area contributed by atoms with Crippen molar-refractivity contribution >= 4 is 24.4 Å². The summed E-state index contributed by atoms with van der Waals surface area (Å²) < 4.78 is 4.90. The molecule has 2 amide bonds. The van der Waals surface area contributed by atoms with Crippen molar-refractivity contribution in [1.29, 1.82) is 0 Å². The fraction of sp³-hybridized carbons (Fsp3) is 0.818. The predicted octanol–water partition coefficient (Wildman–Crippen LogP) is -3.66. The number of ether oxygens (including phenoxy) is 1. The molecule has 6 N–H and O–H groups in total. The number of aliphatic hydroxyl groups is 4. The maximum atomic E-state index is 11.9. The van der Waals surface area contributed by atoms with E-state index in [2.05, 4.69) is 23.3 Å². The Labute approximate surface area is 126 Å². The molecule has 0 aromatic rings. The first-order chi connectivity index (χ1) is 9.81. The highest BCUT2D eigenvalue weighted by Gasteiger charge is 2.44. The van der Waals surface area contributed by atoms with E-state index in [0.717, 1.165) is 0 Å². The summed E-state index contributed by atoms with van der Waals surface area (Å²) in [4.78, 5) is 22.9. The molecule has 1 aliphatic heterocycles. The average Bonchev–Trinajstić information content (AvgIpc) is 2.44. The number of thiol groups is 1. The first-order valence-electron chi connectivity index (χ1n) is 6.30. The number of hydrogen-bond donors (Lipinski definition) is 7. The van der Waals surface area contributed by atoms with Gasteiger partial charge in [0.15, 0.2) is 6.29 Å². The van der Waals surface area contributed by atoms with Gasteiger partial charge < -0.3 is 35.8 Å². The van der Waals surface area contributed by atoms with Crippen molar-refractivity contribution in [2.45, 2.75) is 43.6 Å². The third-order valence-corrected chi connectivity index (χ3v) is 3.45. The first kappa shape index (κ1) is 18.1. The van der Waals surface area contributed by atoms with Crippen molar-refractivity contribution in [2.75, 3.05) is 12.4 Å². The third-order valence-electron chi connectivity index (χ3n) is 3.09. The van der Waals surface area contributed by atoms with Crippen LogP contribution in [0, 0.1) is 0 Å². The monoisotopic (exact) mass is 324 g/mol. The second-order valence-electron chi connectivity index (χ2n) is 4.70. The lowest BCUT2D eigenvalue weighted by atomic mass is 9.97. The Morgan fingerprint density at radius 1 is 1.29 bits per heavy atom. The fourth-order valence-corrected chi connectivity index (χ4v) is 2.21. The van der Waals surface area contributed by atoms with E-state index in [1.807, 2.05) is 0 Å². The Balaban J connectivity index is 2.72. The average molecular weight is 324 g/mol. The highest BCUT2D eigenvalue weighted by atomic mass is 32.1. The fourth-order valence-electron chi connectivity index (χ4n) is 1.96. The van der Waals surface area contributed by atoms with E-state index in [1.54, 1.807) is 0 Å². The van der Waals surface area contributed by atoms with E-state index < -0.39 is 55.1 Å². The maximum Gasteiger partial charge on any atom is 0.243 e. The number of amides is 2. The normalized spacial score (nSPS) is 34.1. The van der Waals surface area contributed by atoms with Crippen LogP contribution in [0.4, 0.5) is 0 Å². The third kappa shape index (κ3) is 4.53. The molecule has 3 unspecified atom stereocenters. The molecule has 0 aliphatic carbocycles. The summed E-state index contributed by atoms with van der Waals surface area (Å²) in [5, 5.41) is 42.9. The van der Waals surface area contributed by atoms with Crippen LogP contribution in [0.5, 0.6) is 0 Å². The zero-order valence-electron chi connectivity index (χ0n) is 11.3. The standard InChI is InChI=1S/C11H20N2O7S/c1-4(15)12-5(3-21)10(18)13-7-9(17)8(16)6(2-14)20-11(7)19/h5-9,11,14,16-17,19,21H,2-3H2,1H3,(H,12,15)(H,13,18)/t5?,6?,7?,8-,9+,11+/m0/s1. The van der Waals surface area contributed by atoms with Crippen LogP contribution in [0.3, 0.4) is 0 Å². The molecular weight excluding hydrogens is 304 g/mol. The Bertz CT molecular complexity index is 384. The molecule has 9 nitrogen and oxygen atoms in total. The lowest BCUT2D eigenvalue weighted by molar-refractivity contribution is -0.253. The summed E-state index contributed by atoms with van der Waals surface area (Å²) >= 11 is 3.93. The number of hydrogen-bond acceptors (Lipinski definition) is 8. The molecular formula is C11H20N2O7S. The minimum Gasteiger partial charge on any atom is -0.394 e. The molecule has 21 heavy (non-hydrogen) atoms. The van der Waals surface area contributed by atoms with E-state index in [9.17, 15) is 24.9 Å². The Hall–Kier alpha value is -0.910. The zero-order chi connectivity index (χ0) is 16.2. The van der Waals surface area contributed by atoms with Gasteiger partial charge in [0.05, 0.1) is 6.61 Å². The van der Waals surface area contributed by atoms with E-state index in [0.29, 0.717) is 0 Å². The van der Waals surface area contributed by atoms with E-state index in [4.69, 9.17) is 9.84 Å². The van der Waals surface area contributed by atoms with Crippen LogP contribution in [0.2, 0.25) is 0 Å². The van der Waals surface area contributed by atoms with Crippen LogP contribution in [0.25, 0.3) is 0 Å². The van der Waals surface area contributed by atoms with Crippen molar-refractivity contribution in [1.82, 2.24) is 10.6 Å². The Morgan fingerprint density at radius 2 is 1.90 bits per heavy atom. The summed E-state index contributed by atoms with van der Waals surface area (Å²) in [5.74, 6) is -1.13. The first-order valence-corrected chi connectivity index (χ1v) is 6.94. The molecule has 1 fully saturated rings. The molecule has 0 radical (unpaired) electrons. The SMILES string of the molecule is CC(=O)NC(CS)C(=O)NC1[C@H](O)OC(CO)[C@H](O)[C@@H]1O. The summed E-state index contributed by atoms with van der Waals surface area (Å²) in [5.41, 5.74) is 0. The van der Waals surface area contributed by atoms with E-state index >= 15 is 0 Å². The summed E-state index contributed by atoms with van der Waals surface area (Å²) in [6.07, 6.45) is -5.77. The molecule has 0 aromatic heterocycles. The summed E-state index contributed by atoms with van der Waals surface area (Å²) in [7, 11) is 0. The van der Waals surface area contributed by atoms with Crippen LogP contribution in [0.1, 0.15) is 6.92 Å². The molecule has 0 bridgehead atoms. The highest BCUT2D eigenvalue weighted by Crippen LogP contribution is 2.19. The molecule has 1 heterocycles. The van der Waals surface area contributed by atoms with Gasteiger partial charge in [0.25, 0.3) is 0 Å². The largest absolute Gasteiger partial charge is 0.394 e. The van der Waals surface area contributed by atoms with Crippen LogP contribution in [-0.2, 0) is 14.3 Å². The van der Waals surface area contributed by atoms with Crippen molar-refractivity contribution in [3.63, 3.8) is 0 Å². The topological polar surface area (TPSA) is 148 Å². The van der Waals surface area contributed by atoms with Crippen molar-refractivity contribution < 1.29 is 34.8 Å². The summed E-state index contributed by atoms with van der Waals surface area (Å²) in [6, 6.07) is -2.26. The van der Waals surface area contributed by atoms with Crippen molar-refractivity contribution in [3.05, 3.63) is 0 Å². The van der Waals surface area contributed by atoms with Gasteiger partial charge >= 0.3 is 0 Å². The lowest BCUT2D eigenvalue weighted by Crippen LogP contribution is -2.65. The van der Waals surface area contributed by atoms with Gasteiger partial charge in [0.2, 0.25) is 11.8 Å². The van der Waals surface area contributed by atoms with Crippen LogP contribution in [0.15, 0.2) is 0 Å². The second-order valence-corrected chi connectivity index (χ2v) is 5.06. The van der Waals surface area contributed by atoms with Gasteiger partial charge in [-0.15, -0.1) is 0 Å². The quantitative estimate of drug-likeness (QED) is 0.258. The van der Waals surface area contributed by atoms with Crippen LogP contribution < -0.4 is 10.6 Å². The smallest absolute Gasteiger partial charge is 0.243 e. The van der Waals surface area contributed by atoms with Crippen LogP contribution in [-0.4, -0.2) is 81.3 Å². The number of aliphatic hydroxyl groups excluding tert-OH is 4. The Kier molecular flexibility index (Phi) is 6.84. The number of carbonyl (C=O) groups excluding carboxylic acids is 2. The minimum absolute atomic E-state index is 0.00694. The number of rotatable bonds is 5. The zero-order valence-corrected chi connectivity index (χ0v) is 12.2. The number of carbonyl (C=O) groups is 2. The second kappa shape index (κ2) is 7.92. The van der Waals surface area contributed by atoms with Gasteiger partial charge in [-0.3, -0.25) is 9.59 Å². The molecule has 10 heteroatoms. The van der Waals surface area contributed by atoms with Gasteiger partial charge in [-0.1, -0.05) is 0 Å².